The van der Waals surface area contributed by atoms with E-state index >= 15 is 0 Å². The highest BCUT2D eigenvalue weighted by Crippen LogP contribution is 2.23. The summed E-state index contributed by atoms with van der Waals surface area (Å²) >= 11 is 5.36. The van der Waals surface area contributed by atoms with E-state index in [1.165, 1.54) is 0 Å². The second-order valence-corrected chi connectivity index (χ2v) is 4.24. The molecule has 3 nitrogen and oxygen atoms in total. The first-order valence-electron chi connectivity index (χ1n) is 6.18. The van der Waals surface area contributed by atoms with Crippen molar-refractivity contribution in [1.29, 1.82) is 0 Å². The number of nitrogens with one attached hydrogen (secondary N) is 1. The molecule has 4 heteroatoms. The van der Waals surface area contributed by atoms with Crippen molar-refractivity contribution in [2.75, 3.05) is 13.2 Å². The second-order valence-electron chi connectivity index (χ2n) is 3.97. The number of benzene rings is 2. The molecule has 0 atom stereocenters. The lowest BCUT2D eigenvalue weighted by atomic mass is 10.3. The van der Waals surface area contributed by atoms with Gasteiger partial charge in [0.05, 0.1) is 6.61 Å². The van der Waals surface area contributed by atoms with Gasteiger partial charge in [-0.1, -0.05) is 18.2 Å². The molecule has 2 aromatic carbocycles. The molecule has 19 heavy (non-hydrogen) atoms. The van der Waals surface area contributed by atoms with Crippen LogP contribution in [0.25, 0.3) is 0 Å². The minimum absolute atomic E-state index is 0.638. The van der Waals surface area contributed by atoms with Crippen LogP contribution in [0.4, 0.5) is 0 Å². The molecule has 0 fully saturated rings. The predicted octanol–water partition coefficient (Wildman–Crippen LogP) is 3.99. The fourth-order valence-corrected chi connectivity index (χ4v) is 1.69. The van der Waals surface area contributed by atoms with Crippen molar-refractivity contribution in [2.45, 2.75) is 6.42 Å². The number of para-hydroxylation sites is 1. The molecule has 0 aromatic heterocycles. The fourth-order valence-electron chi connectivity index (χ4n) is 1.56. The summed E-state index contributed by atoms with van der Waals surface area (Å²) < 4.78 is 11.3. The maximum atomic E-state index is 5.69. The highest BCUT2D eigenvalue weighted by Gasteiger charge is 1.98. The van der Waals surface area contributed by atoms with Crippen molar-refractivity contribution in [1.82, 2.24) is 4.84 Å². The fraction of sp³-hybridized carbons (Fsp3) is 0.200. The van der Waals surface area contributed by atoms with E-state index in [0.29, 0.717) is 6.61 Å². The Labute approximate surface area is 118 Å². The van der Waals surface area contributed by atoms with Crippen molar-refractivity contribution in [3.63, 3.8) is 0 Å². The predicted molar refractivity (Wildman–Crippen MR) is 76.9 cm³/mol. The minimum atomic E-state index is 0.638. The SMILES string of the molecule is ClNCCCOc1ccc(Oc2ccccc2)cc1. The van der Waals surface area contributed by atoms with E-state index in [-0.39, 0.29) is 0 Å². The average molecular weight is 278 g/mol. The van der Waals surface area contributed by atoms with Crippen molar-refractivity contribution < 1.29 is 9.47 Å². The van der Waals surface area contributed by atoms with Crippen LogP contribution in [0.1, 0.15) is 6.42 Å². The molecule has 2 rings (SSSR count). The van der Waals surface area contributed by atoms with Gasteiger partial charge in [0.25, 0.3) is 0 Å². The zero-order valence-corrected chi connectivity index (χ0v) is 11.3. The van der Waals surface area contributed by atoms with Crippen LogP contribution in [0, 0.1) is 0 Å². The van der Waals surface area contributed by atoms with Crippen molar-refractivity contribution in [3.05, 3.63) is 54.6 Å². The van der Waals surface area contributed by atoms with Crippen LogP contribution in [0.3, 0.4) is 0 Å². The number of rotatable bonds is 7. The largest absolute Gasteiger partial charge is 0.494 e. The zero-order valence-electron chi connectivity index (χ0n) is 10.5. The molecule has 0 bridgehead atoms. The summed E-state index contributed by atoms with van der Waals surface area (Å²) in [4.78, 5) is 2.56. The third kappa shape index (κ3) is 4.81. The number of ether oxygens (including phenoxy) is 2. The van der Waals surface area contributed by atoms with Gasteiger partial charge in [0.15, 0.2) is 0 Å². The van der Waals surface area contributed by atoms with Gasteiger partial charge in [0.2, 0.25) is 0 Å². The van der Waals surface area contributed by atoms with Crippen molar-refractivity contribution >= 4 is 11.8 Å². The Bertz CT molecular complexity index is 473. The molecular formula is C15H16ClNO2. The van der Waals surface area contributed by atoms with E-state index in [4.69, 9.17) is 21.3 Å². The molecule has 0 saturated carbocycles. The summed E-state index contributed by atoms with van der Waals surface area (Å²) in [7, 11) is 0. The van der Waals surface area contributed by atoms with E-state index in [9.17, 15) is 0 Å². The summed E-state index contributed by atoms with van der Waals surface area (Å²) in [5.74, 6) is 2.44. The lowest BCUT2D eigenvalue weighted by Crippen LogP contribution is -2.07. The molecule has 0 unspecified atom stereocenters. The Hall–Kier alpha value is -1.71. The van der Waals surface area contributed by atoms with Crippen LogP contribution >= 0.6 is 11.8 Å². The maximum absolute atomic E-state index is 5.69. The molecule has 0 aliphatic heterocycles. The Morgan fingerprint density at radius 3 is 2.16 bits per heavy atom. The number of hydrogen-bond acceptors (Lipinski definition) is 3. The quantitative estimate of drug-likeness (QED) is 0.613. The van der Waals surface area contributed by atoms with E-state index < -0.39 is 0 Å². The van der Waals surface area contributed by atoms with Gasteiger partial charge in [-0.2, -0.15) is 0 Å². The topological polar surface area (TPSA) is 30.5 Å². The van der Waals surface area contributed by atoms with Gasteiger partial charge in [-0.3, -0.25) is 0 Å². The van der Waals surface area contributed by atoms with Gasteiger partial charge in [0.1, 0.15) is 17.2 Å². The summed E-state index contributed by atoms with van der Waals surface area (Å²) in [5.41, 5.74) is 0. The minimum Gasteiger partial charge on any atom is -0.494 e. The monoisotopic (exact) mass is 277 g/mol. The molecular weight excluding hydrogens is 262 g/mol. The number of halogens is 1. The Morgan fingerprint density at radius 2 is 1.47 bits per heavy atom. The molecule has 2 aromatic rings. The van der Waals surface area contributed by atoms with Crippen LogP contribution in [0.5, 0.6) is 17.2 Å². The summed E-state index contributed by atoms with van der Waals surface area (Å²) in [6.45, 7) is 1.37. The van der Waals surface area contributed by atoms with Crippen LogP contribution in [-0.4, -0.2) is 13.2 Å². The lowest BCUT2D eigenvalue weighted by Gasteiger charge is -2.08. The Kier molecular flexibility index (Phi) is 5.53. The van der Waals surface area contributed by atoms with E-state index in [1.807, 2.05) is 54.6 Å². The van der Waals surface area contributed by atoms with Gasteiger partial charge < -0.3 is 9.47 Å². The molecule has 0 aliphatic carbocycles. The van der Waals surface area contributed by atoms with Gasteiger partial charge in [0, 0.05) is 6.54 Å². The van der Waals surface area contributed by atoms with Gasteiger partial charge in [-0.05, 0) is 54.6 Å². The van der Waals surface area contributed by atoms with Gasteiger partial charge in [-0.25, -0.2) is 4.84 Å². The molecule has 0 saturated heterocycles. The molecule has 1 N–H and O–H groups in total. The normalized spacial score (nSPS) is 10.2. The van der Waals surface area contributed by atoms with Gasteiger partial charge >= 0.3 is 0 Å². The van der Waals surface area contributed by atoms with Crippen LogP contribution in [0.15, 0.2) is 54.6 Å². The first-order valence-corrected chi connectivity index (χ1v) is 6.55. The summed E-state index contributed by atoms with van der Waals surface area (Å²) in [5, 5.41) is 0. The third-order valence-electron chi connectivity index (χ3n) is 2.49. The van der Waals surface area contributed by atoms with Crippen molar-refractivity contribution in [3.8, 4) is 17.2 Å². The smallest absolute Gasteiger partial charge is 0.127 e. The average Bonchev–Trinajstić information content (AvgIpc) is 2.46. The first-order chi connectivity index (χ1) is 9.38. The summed E-state index contributed by atoms with van der Waals surface area (Å²) in [6.07, 6.45) is 0.867. The Morgan fingerprint density at radius 1 is 0.842 bits per heavy atom. The van der Waals surface area contributed by atoms with Crippen LogP contribution in [-0.2, 0) is 0 Å². The molecule has 0 spiro atoms. The highest BCUT2D eigenvalue weighted by molar-refractivity contribution is 6.13. The molecule has 0 aliphatic rings. The first kappa shape index (κ1) is 13.7. The van der Waals surface area contributed by atoms with E-state index in [1.54, 1.807) is 0 Å². The van der Waals surface area contributed by atoms with E-state index in [0.717, 1.165) is 30.2 Å². The molecule has 0 radical (unpaired) electrons. The third-order valence-corrected chi connectivity index (χ3v) is 2.68. The van der Waals surface area contributed by atoms with Crippen LogP contribution in [0.2, 0.25) is 0 Å². The van der Waals surface area contributed by atoms with Gasteiger partial charge in [-0.15, -0.1) is 0 Å². The zero-order chi connectivity index (χ0) is 13.3. The molecule has 0 amide bonds. The van der Waals surface area contributed by atoms with Crippen molar-refractivity contribution in [2.24, 2.45) is 0 Å². The summed E-state index contributed by atoms with van der Waals surface area (Å²) in [6, 6.07) is 17.3. The molecule has 100 valence electrons. The Balaban J connectivity index is 1.84. The molecule has 0 heterocycles. The van der Waals surface area contributed by atoms with Crippen LogP contribution < -0.4 is 14.3 Å². The lowest BCUT2D eigenvalue weighted by molar-refractivity contribution is 0.311. The maximum Gasteiger partial charge on any atom is 0.127 e. The highest BCUT2D eigenvalue weighted by atomic mass is 35.5. The number of hydrogen-bond donors (Lipinski definition) is 1. The second kappa shape index (κ2) is 7.67. The standard InChI is InChI=1S/C15H16ClNO2/c16-17-11-4-12-18-13-7-9-15(10-8-13)19-14-5-2-1-3-6-14/h1-3,5-10,17H,4,11-12H2. The van der Waals surface area contributed by atoms with E-state index in [2.05, 4.69) is 4.84 Å².